The third kappa shape index (κ3) is 7.12. The quantitative estimate of drug-likeness (QED) is 0.121. The van der Waals surface area contributed by atoms with Gasteiger partial charge in [-0.1, -0.05) is 52.0 Å². The lowest BCUT2D eigenvalue weighted by Gasteiger charge is -2.40. The summed E-state index contributed by atoms with van der Waals surface area (Å²) < 4.78 is 9.68. The molecule has 14 nitrogen and oxygen atoms in total. The summed E-state index contributed by atoms with van der Waals surface area (Å²) in [6.45, 7) is 9.01. The van der Waals surface area contributed by atoms with Gasteiger partial charge in [-0.2, -0.15) is 0 Å². The standard InChI is InChI=1S/C48H60N8O6/c1-26(2)40(53-46(59)61-5)43(57)55-21-9-14-39(55)42-49-23-37(51-42)35-17-15-33(29-10-7-12-31(29)35)34-16-18-36(32-13-8-11-30(32)34)38-24-50-45(52-38)48-20-19-28(22-48)25-56(48)44(58)41(27(3)4)54-47(60)62-6/h15-18,23-24,26-28,39-41H,7-14,19-22,25H2,1-6H3,(H,49,51)(H,50,52)(H,53,59)(H,54,60)/t28-,39+,40+,41+,48?/m0/s1. The Kier molecular flexibility index (Phi) is 11.1. The fourth-order valence-corrected chi connectivity index (χ4v) is 11.4. The third-order valence-corrected chi connectivity index (χ3v) is 14.5. The van der Waals surface area contributed by atoms with E-state index in [1.54, 1.807) is 0 Å². The van der Waals surface area contributed by atoms with E-state index in [1.807, 2.05) is 49.9 Å². The number of nitrogens with one attached hydrogen (secondary N) is 4. The Bertz CT molecular complexity index is 2400. The second kappa shape index (κ2) is 16.6. The van der Waals surface area contributed by atoms with Gasteiger partial charge in [0.25, 0.3) is 0 Å². The molecule has 0 spiro atoms. The van der Waals surface area contributed by atoms with Crippen LogP contribution in [-0.4, -0.2) is 93.1 Å². The number of likely N-dealkylation sites (tertiary alicyclic amines) is 2. The van der Waals surface area contributed by atoms with Gasteiger partial charge < -0.3 is 39.9 Å². The van der Waals surface area contributed by atoms with Gasteiger partial charge in [0.05, 0.1) is 44.0 Å². The average molecular weight is 845 g/mol. The molecule has 4 aromatic rings. The van der Waals surface area contributed by atoms with Crippen molar-refractivity contribution in [3.05, 3.63) is 70.6 Å². The Labute approximate surface area is 363 Å². The van der Waals surface area contributed by atoms with Gasteiger partial charge in [0.15, 0.2) is 0 Å². The highest BCUT2D eigenvalue weighted by Gasteiger charge is 2.56. The smallest absolute Gasteiger partial charge is 0.407 e. The van der Waals surface area contributed by atoms with E-state index in [0.717, 1.165) is 99.2 Å². The topological polar surface area (TPSA) is 175 Å². The van der Waals surface area contributed by atoms with Crippen molar-refractivity contribution in [1.29, 1.82) is 0 Å². The zero-order chi connectivity index (χ0) is 43.4. The summed E-state index contributed by atoms with van der Waals surface area (Å²) in [5.74, 6) is 1.60. The van der Waals surface area contributed by atoms with Crippen LogP contribution in [0.15, 0.2) is 36.7 Å². The molecule has 2 aliphatic heterocycles. The van der Waals surface area contributed by atoms with Crippen LogP contribution in [0, 0.1) is 17.8 Å². The zero-order valence-electron chi connectivity index (χ0n) is 36.9. The number of rotatable bonds is 11. The maximum Gasteiger partial charge on any atom is 0.407 e. The monoisotopic (exact) mass is 844 g/mol. The summed E-state index contributed by atoms with van der Waals surface area (Å²) in [6.07, 6.45) is 13.3. The van der Waals surface area contributed by atoms with Crippen molar-refractivity contribution in [2.24, 2.45) is 17.8 Å². The van der Waals surface area contributed by atoms with Gasteiger partial charge in [-0.3, -0.25) is 9.59 Å². The van der Waals surface area contributed by atoms with Gasteiger partial charge in [-0.25, -0.2) is 19.6 Å². The highest BCUT2D eigenvalue weighted by Crippen LogP contribution is 2.53. The zero-order valence-corrected chi connectivity index (χ0v) is 36.9. The van der Waals surface area contributed by atoms with E-state index in [9.17, 15) is 19.2 Å². The van der Waals surface area contributed by atoms with Crippen LogP contribution in [0.4, 0.5) is 9.59 Å². The molecule has 1 saturated carbocycles. The number of amides is 4. The Hall–Kier alpha value is -5.66. The highest BCUT2D eigenvalue weighted by atomic mass is 16.5. The maximum atomic E-state index is 14.1. The first-order chi connectivity index (χ1) is 29.9. The molecule has 5 aliphatic rings. The molecule has 62 heavy (non-hydrogen) atoms. The van der Waals surface area contributed by atoms with E-state index in [1.165, 1.54) is 53.2 Å². The summed E-state index contributed by atoms with van der Waals surface area (Å²) in [6, 6.07) is 7.53. The fourth-order valence-electron chi connectivity index (χ4n) is 11.4. The molecule has 4 N–H and O–H groups in total. The number of benzene rings is 2. The first kappa shape index (κ1) is 41.7. The largest absolute Gasteiger partial charge is 0.453 e. The van der Waals surface area contributed by atoms with Gasteiger partial charge in [0.1, 0.15) is 29.3 Å². The normalized spacial score (nSPS) is 22.3. The fraction of sp³-hybridized carbons (Fsp3) is 0.542. The molecular weight excluding hydrogens is 785 g/mol. The van der Waals surface area contributed by atoms with E-state index >= 15 is 0 Å². The van der Waals surface area contributed by atoms with Gasteiger partial charge in [0.2, 0.25) is 11.8 Å². The average Bonchev–Trinajstić information content (AvgIpc) is 4.12. The predicted molar refractivity (Wildman–Crippen MR) is 234 cm³/mol. The lowest BCUT2D eigenvalue weighted by Crippen LogP contribution is -2.56. The van der Waals surface area contributed by atoms with Crippen molar-refractivity contribution in [2.75, 3.05) is 27.3 Å². The number of nitrogens with zero attached hydrogens (tertiary/aromatic N) is 4. The molecule has 4 amide bonds. The molecule has 5 atom stereocenters. The summed E-state index contributed by atoms with van der Waals surface area (Å²) in [4.78, 5) is 73.3. The minimum absolute atomic E-state index is 0.0825. The van der Waals surface area contributed by atoms with Crippen LogP contribution in [0.2, 0.25) is 0 Å². The highest BCUT2D eigenvalue weighted by molar-refractivity contribution is 5.88. The SMILES string of the molecule is COC(=O)N[C@@H](C(=O)N1CCC[C@@H]1c1ncc(-c2ccc(-c3ccc(-c4cnc(C56CC[C@H](CN5C(=O)[C@H](NC(=O)OC)C(C)C)C6)[nH]4)c4c3CCC4)c3c2CCC3)[nH]1)C(C)C. The number of hydrogen-bond donors (Lipinski definition) is 4. The van der Waals surface area contributed by atoms with E-state index in [-0.39, 0.29) is 29.7 Å². The molecule has 2 bridgehead atoms. The summed E-state index contributed by atoms with van der Waals surface area (Å²) >= 11 is 0. The van der Waals surface area contributed by atoms with Gasteiger partial charge >= 0.3 is 12.2 Å². The number of imidazole rings is 2. The number of H-pyrrole nitrogens is 2. The van der Waals surface area contributed by atoms with Crippen LogP contribution >= 0.6 is 0 Å². The van der Waals surface area contributed by atoms with Crippen molar-refractivity contribution >= 4 is 24.0 Å². The number of carbonyl (C=O) groups is 4. The van der Waals surface area contributed by atoms with E-state index in [2.05, 4.69) is 44.9 Å². The van der Waals surface area contributed by atoms with E-state index in [0.29, 0.717) is 19.0 Å². The molecule has 3 aliphatic carbocycles. The second-order valence-corrected chi connectivity index (χ2v) is 18.8. The molecule has 4 heterocycles. The number of carbonyl (C=O) groups excluding carboxylic acids is 4. The maximum absolute atomic E-state index is 14.1. The van der Waals surface area contributed by atoms with Crippen molar-refractivity contribution in [3.8, 4) is 33.6 Å². The first-order valence-corrected chi connectivity index (χ1v) is 22.6. The third-order valence-electron chi connectivity index (χ3n) is 14.5. The first-order valence-electron chi connectivity index (χ1n) is 22.6. The molecule has 1 unspecified atom stereocenters. The summed E-state index contributed by atoms with van der Waals surface area (Å²) in [7, 11) is 2.63. The number of hydrogen-bond acceptors (Lipinski definition) is 8. The van der Waals surface area contributed by atoms with Crippen LogP contribution in [0.5, 0.6) is 0 Å². The molecule has 14 heteroatoms. The Morgan fingerprint density at radius 3 is 1.81 bits per heavy atom. The van der Waals surface area contributed by atoms with Gasteiger partial charge in [0, 0.05) is 24.2 Å². The van der Waals surface area contributed by atoms with Crippen molar-refractivity contribution < 1.29 is 28.7 Å². The number of aromatic nitrogens is 4. The Balaban J connectivity index is 0.980. The van der Waals surface area contributed by atoms with Crippen LogP contribution in [0.3, 0.4) is 0 Å². The van der Waals surface area contributed by atoms with Crippen molar-refractivity contribution in [1.82, 2.24) is 40.4 Å². The van der Waals surface area contributed by atoms with Crippen LogP contribution < -0.4 is 10.6 Å². The molecule has 0 radical (unpaired) electrons. The minimum atomic E-state index is -0.683. The summed E-state index contributed by atoms with van der Waals surface area (Å²) in [5.41, 5.74) is 11.9. The molecule has 2 aromatic carbocycles. The van der Waals surface area contributed by atoms with Crippen molar-refractivity contribution in [3.63, 3.8) is 0 Å². The van der Waals surface area contributed by atoms with Crippen LogP contribution in [0.25, 0.3) is 33.6 Å². The lowest BCUT2D eigenvalue weighted by molar-refractivity contribution is -0.140. The number of fused-ring (bicyclic) bond motifs is 4. The van der Waals surface area contributed by atoms with E-state index < -0.39 is 29.8 Å². The van der Waals surface area contributed by atoms with Crippen molar-refractivity contribution in [2.45, 2.75) is 122 Å². The number of piperidine rings is 1. The van der Waals surface area contributed by atoms with Gasteiger partial charge in [-0.15, -0.1) is 0 Å². The van der Waals surface area contributed by atoms with Crippen LogP contribution in [-0.2, 0) is 50.3 Å². The molecule has 2 saturated heterocycles. The lowest BCUT2D eigenvalue weighted by atomic mass is 9.87. The second-order valence-electron chi connectivity index (χ2n) is 18.8. The number of aromatic amines is 2. The predicted octanol–water partition coefficient (Wildman–Crippen LogP) is 7.37. The summed E-state index contributed by atoms with van der Waals surface area (Å²) in [5, 5.41) is 5.53. The van der Waals surface area contributed by atoms with E-state index in [4.69, 9.17) is 19.4 Å². The van der Waals surface area contributed by atoms with Crippen LogP contribution in [0.1, 0.15) is 113 Å². The molecular formula is C48H60N8O6. The minimum Gasteiger partial charge on any atom is -0.453 e. The number of alkyl carbamates (subject to hydrolysis) is 2. The number of ether oxygens (including phenoxy) is 2. The Morgan fingerprint density at radius 2 is 1.24 bits per heavy atom. The van der Waals surface area contributed by atoms with Gasteiger partial charge in [-0.05, 0) is 122 Å². The Morgan fingerprint density at radius 1 is 0.710 bits per heavy atom. The molecule has 2 aromatic heterocycles. The molecule has 3 fully saturated rings. The molecule has 9 rings (SSSR count). The molecule has 328 valence electrons. The number of methoxy groups -OCH3 is 2.